The smallest absolute Gasteiger partial charge is 0.335 e. The number of carbonyl (C=O) groups is 2. The minimum absolute atomic E-state index is 0.0470. The second-order valence-corrected chi connectivity index (χ2v) is 6.75. The van der Waals surface area contributed by atoms with E-state index in [2.05, 4.69) is 0 Å². The SMILES string of the molecule is Cc1ccc(C(=O)N2CCC(c3ccc(C(=O)O)cc3)CC2)cc1[N+](=O)[O-]. The molecule has 0 aromatic heterocycles. The molecule has 0 saturated carbocycles. The number of aromatic carboxylic acids is 1. The van der Waals surface area contributed by atoms with Crippen LogP contribution in [-0.4, -0.2) is 39.9 Å². The van der Waals surface area contributed by atoms with Crippen molar-refractivity contribution in [1.29, 1.82) is 0 Å². The van der Waals surface area contributed by atoms with Gasteiger partial charge in [0.1, 0.15) is 0 Å². The third-order valence-electron chi connectivity index (χ3n) is 5.06. The average Bonchev–Trinajstić information content (AvgIpc) is 2.68. The molecule has 1 saturated heterocycles. The van der Waals surface area contributed by atoms with E-state index in [1.54, 1.807) is 36.1 Å². The van der Waals surface area contributed by atoms with Crippen molar-refractivity contribution in [3.63, 3.8) is 0 Å². The third kappa shape index (κ3) is 3.97. The highest BCUT2D eigenvalue weighted by Gasteiger charge is 2.26. The maximum absolute atomic E-state index is 12.7. The zero-order valence-corrected chi connectivity index (χ0v) is 14.9. The van der Waals surface area contributed by atoms with Gasteiger partial charge in [-0.1, -0.05) is 18.2 Å². The molecule has 2 aromatic rings. The summed E-state index contributed by atoms with van der Waals surface area (Å²) in [6, 6.07) is 11.4. The number of nitrogens with zero attached hydrogens (tertiary/aromatic N) is 2. The molecule has 0 bridgehead atoms. The van der Waals surface area contributed by atoms with E-state index < -0.39 is 10.9 Å². The number of likely N-dealkylation sites (tertiary alicyclic amines) is 1. The number of nitro benzene ring substituents is 1. The Kier molecular flexibility index (Phi) is 5.21. The summed E-state index contributed by atoms with van der Waals surface area (Å²) in [5.74, 6) is -0.879. The van der Waals surface area contributed by atoms with Gasteiger partial charge in [0.15, 0.2) is 0 Å². The Morgan fingerprint density at radius 2 is 1.67 bits per heavy atom. The van der Waals surface area contributed by atoms with Crippen LogP contribution in [0, 0.1) is 17.0 Å². The van der Waals surface area contributed by atoms with Crippen LogP contribution in [0.15, 0.2) is 42.5 Å². The highest BCUT2D eigenvalue weighted by Crippen LogP contribution is 2.29. The van der Waals surface area contributed by atoms with Gasteiger partial charge in [-0.2, -0.15) is 0 Å². The zero-order chi connectivity index (χ0) is 19.6. The Balaban J connectivity index is 1.66. The highest BCUT2D eigenvalue weighted by atomic mass is 16.6. The summed E-state index contributed by atoms with van der Waals surface area (Å²) in [4.78, 5) is 36.0. The van der Waals surface area contributed by atoms with Gasteiger partial charge in [0.05, 0.1) is 10.5 Å². The Labute approximate surface area is 156 Å². The van der Waals surface area contributed by atoms with Crippen molar-refractivity contribution in [3.8, 4) is 0 Å². The van der Waals surface area contributed by atoms with Gasteiger partial charge in [0, 0.05) is 30.3 Å². The molecule has 7 heteroatoms. The molecule has 0 radical (unpaired) electrons. The average molecular weight is 368 g/mol. The number of aryl methyl sites for hydroxylation is 1. The van der Waals surface area contributed by atoms with E-state index in [-0.39, 0.29) is 23.1 Å². The lowest BCUT2D eigenvalue weighted by Gasteiger charge is -2.32. The molecule has 1 aliphatic rings. The number of benzene rings is 2. The van der Waals surface area contributed by atoms with Crippen LogP contribution in [-0.2, 0) is 0 Å². The number of hydrogen-bond acceptors (Lipinski definition) is 4. The standard InChI is InChI=1S/C20H20N2O5/c1-13-2-3-17(12-18(13)22(26)27)19(23)21-10-8-15(9-11-21)14-4-6-16(7-5-14)20(24)25/h2-7,12,15H,8-11H2,1H3,(H,24,25). The monoisotopic (exact) mass is 368 g/mol. The van der Waals surface area contributed by atoms with Crippen molar-refractivity contribution in [1.82, 2.24) is 4.90 Å². The van der Waals surface area contributed by atoms with Gasteiger partial charge in [-0.25, -0.2) is 4.79 Å². The summed E-state index contributed by atoms with van der Waals surface area (Å²) < 4.78 is 0. The quantitative estimate of drug-likeness (QED) is 0.656. The summed E-state index contributed by atoms with van der Waals surface area (Å²) in [5.41, 5.74) is 2.14. The van der Waals surface area contributed by atoms with Gasteiger partial charge in [-0.05, 0) is 49.4 Å². The molecule has 1 heterocycles. The van der Waals surface area contributed by atoms with Crippen LogP contribution in [0.1, 0.15) is 50.6 Å². The maximum atomic E-state index is 12.7. The van der Waals surface area contributed by atoms with E-state index in [4.69, 9.17) is 5.11 Å². The predicted octanol–water partition coefficient (Wildman–Crippen LogP) is 3.62. The highest BCUT2D eigenvalue weighted by molar-refractivity contribution is 5.95. The predicted molar refractivity (Wildman–Crippen MR) is 99.1 cm³/mol. The van der Waals surface area contributed by atoms with Crippen molar-refractivity contribution in [3.05, 3.63) is 74.8 Å². The number of carbonyl (C=O) groups excluding carboxylic acids is 1. The van der Waals surface area contributed by atoms with Crippen LogP contribution in [0.5, 0.6) is 0 Å². The van der Waals surface area contributed by atoms with Crippen LogP contribution in [0.2, 0.25) is 0 Å². The molecule has 1 amide bonds. The third-order valence-corrected chi connectivity index (χ3v) is 5.06. The molecule has 1 fully saturated rings. The Morgan fingerprint density at radius 1 is 1.07 bits per heavy atom. The number of amides is 1. The summed E-state index contributed by atoms with van der Waals surface area (Å²) >= 11 is 0. The minimum atomic E-state index is -0.950. The van der Waals surface area contributed by atoms with Crippen molar-refractivity contribution < 1.29 is 19.6 Å². The molecular formula is C20H20N2O5. The van der Waals surface area contributed by atoms with Crippen molar-refractivity contribution >= 4 is 17.6 Å². The normalized spacial score (nSPS) is 14.8. The second-order valence-electron chi connectivity index (χ2n) is 6.75. The van der Waals surface area contributed by atoms with Crippen LogP contribution in [0.3, 0.4) is 0 Å². The second kappa shape index (κ2) is 7.57. The molecule has 2 aromatic carbocycles. The molecule has 7 nitrogen and oxygen atoms in total. The number of hydrogen-bond donors (Lipinski definition) is 1. The fourth-order valence-electron chi connectivity index (χ4n) is 3.44. The Morgan fingerprint density at radius 3 is 2.22 bits per heavy atom. The van der Waals surface area contributed by atoms with Gasteiger partial charge in [0.2, 0.25) is 0 Å². The lowest BCUT2D eigenvalue weighted by molar-refractivity contribution is -0.385. The number of carboxylic acid groups (broad SMARTS) is 1. The first-order valence-electron chi connectivity index (χ1n) is 8.74. The zero-order valence-electron chi connectivity index (χ0n) is 14.9. The molecular weight excluding hydrogens is 348 g/mol. The van der Waals surface area contributed by atoms with Crippen LogP contribution in [0.4, 0.5) is 5.69 Å². The van der Waals surface area contributed by atoms with E-state index in [1.165, 1.54) is 6.07 Å². The minimum Gasteiger partial charge on any atom is -0.478 e. The molecule has 27 heavy (non-hydrogen) atoms. The number of rotatable bonds is 4. The van der Waals surface area contributed by atoms with Gasteiger partial charge in [0.25, 0.3) is 11.6 Å². The fraction of sp³-hybridized carbons (Fsp3) is 0.300. The molecule has 1 N–H and O–H groups in total. The van der Waals surface area contributed by atoms with Crippen molar-refractivity contribution in [2.75, 3.05) is 13.1 Å². The first-order chi connectivity index (χ1) is 12.9. The van der Waals surface area contributed by atoms with E-state index >= 15 is 0 Å². The van der Waals surface area contributed by atoms with E-state index in [0.717, 1.165) is 18.4 Å². The Hall–Kier alpha value is -3.22. The molecule has 3 rings (SSSR count). The van der Waals surface area contributed by atoms with Crippen molar-refractivity contribution in [2.45, 2.75) is 25.7 Å². The number of piperidine rings is 1. The summed E-state index contributed by atoms with van der Waals surface area (Å²) in [5, 5.41) is 20.1. The summed E-state index contributed by atoms with van der Waals surface area (Å²) in [6.45, 7) is 2.77. The van der Waals surface area contributed by atoms with E-state index in [1.807, 2.05) is 12.1 Å². The Bertz CT molecular complexity index is 884. The largest absolute Gasteiger partial charge is 0.478 e. The molecule has 140 valence electrons. The van der Waals surface area contributed by atoms with Crippen LogP contribution < -0.4 is 0 Å². The van der Waals surface area contributed by atoms with E-state index in [9.17, 15) is 19.7 Å². The first-order valence-corrected chi connectivity index (χ1v) is 8.74. The van der Waals surface area contributed by atoms with Gasteiger partial charge in [-0.3, -0.25) is 14.9 Å². The molecule has 0 aliphatic carbocycles. The van der Waals surface area contributed by atoms with Crippen LogP contribution >= 0.6 is 0 Å². The van der Waals surface area contributed by atoms with Gasteiger partial charge < -0.3 is 10.0 Å². The summed E-state index contributed by atoms with van der Waals surface area (Å²) in [7, 11) is 0. The van der Waals surface area contributed by atoms with Crippen molar-refractivity contribution in [2.24, 2.45) is 0 Å². The molecule has 0 atom stereocenters. The maximum Gasteiger partial charge on any atom is 0.335 e. The van der Waals surface area contributed by atoms with Crippen LogP contribution in [0.25, 0.3) is 0 Å². The van der Waals surface area contributed by atoms with E-state index in [0.29, 0.717) is 24.2 Å². The lowest BCUT2D eigenvalue weighted by atomic mass is 9.88. The molecule has 0 spiro atoms. The number of carboxylic acids is 1. The fourth-order valence-corrected chi connectivity index (χ4v) is 3.44. The topological polar surface area (TPSA) is 101 Å². The summed E-state index contributed by atoms with van der Waals surface area (Å²) in [6.07, 6.45) is 1.54. The lowest BCUT2D eigenvalue weighted by Crippen LogP contribution is -2.37. The molecule has 0 unspecified atom stereocenters. The van der Waals surface area contributed by atoms with Gasteiger partial charge >= 0.3 is 5.97 Å². The first kappa shape index (κ1) is 18.6. The molecule has 1 aliphatic heterocycles. The van der Waals surface area contributed by atoms with Gasteiger partial charge in [-0.15, -0.1) is 0 Å². The number of nitro groups is 1.